The minimum Gasteiger partial charge on any atom is -0.486 e. The third-order valence-corrected chi connectivity index (χ3v) is 4.38. The molecule has 5 heteroatoms. The standard InChI is InChI=1S/C21H23NO4/c1-2-22(15-16-6-4-3-5-7-16)21(24)11-9-18(23)17-8-10-19-20(14-17)26-13-12-25-19/h3-8,10,14H,2,9,11-13,15H2,1H3. The van der Waals surface area contributed by atoms with Gasteiger partial charge in [0.25, 0.3) is 0 Å². The molecule has 0 atom stereocenters. The molecule has 0 N–H and O–H groups in total. The molecular formula is C21H23NO4. The van der Waals surface area contributed by atoms with Crippen molar-refractivity contribution in [3.8, 4) is 11.5 Å². The average Bonchev–Trinajstić information content (AvgIpc) is 2.70. The van der Waals surface area contributed by atoms with E-state index < -0.39 is 0 Å². The van der Waals surface area contributed by atoms with Crippen LogP contribution in [0.5, 0.6) is 11.5 Å². The van der Waals surface area contributed by atoms with Crippen molar-refractivity contribution in [2.45, 2.75) is 26.3 Å². The van der Waals surface area contributed by atoms with Crippen molar-refractivity contribution in [1.82, 2.24) is 4.90 Å². The van der Waals surface area contributed by atoms with Crippen molar-refractivity contribution in [1.29, 1.82) is 0 Å². The van der Waals surface area contributed by atoms with E-state index in [1.807, 2.05) is 37.3 Å². The highest BCUT2D eigenvalue weighted by atomic mass is 16.6. The van der Waals surface area contributed by atoms with Gasteiger partial charge in [-0.1, -0.05) is 30.3 Å². The zero-order chi connectivity index (χ0) is 18.4. The van der Waals surface area contributed by atoms with Crippen LogP contribution < -0.4 is 9.47 Å². The molecule has 3 rings (SSSR count). The number of hydrogen-bond acceptors (Lipinski definition) is 4. The number of benzene rings is 2. The van der Waals surface area contributed by atoms with E-state index in [1.54, 1.807) is 23.1 Å². The first-order chi connectivity index (χ1) is 12.7. The predicted molar refractivity (Wildman–Crippen MR) is 98.5 cm³/mol. The molecule has 0 spiro atoms. The lowest BCUT2D eigenvalue weighted by Crippen LogP contribution is -2.30. The monoisotopic (exact) mass is 353 g/mol. The van der Waals surface area contributed by atoms with E-state index in [0.717, 1.165) is 5.56 Å². The van der Waals surface area contributed by atoms with Gasteiger partial charge in [-0.25, -0.2) is 0 Å². The van der Waals surface area contributed by atoms with Gasteiger partial charge >= 0.3 is 0 Å². The van der Waals surface area contributed by atoms with Gasteiger partial charge in [0.1, 0.15) is 13.2 Å². The highest BCUT2D eigenvalue weighted by Gasteiger charge is 2.17. The number of carbonyl (C=O) groups excluding carboxylic acids is 2. The third-order valence-electron chi connectivity index (χ3n) is 4.38. The van der Waals surface area contributed by atoms with Crippen molar-refractivity contribution >= 4 is 11.7 Å². The van der Waals surface area contributed by atoms with Gasteiger partial charge in [-0.3, -0.25) is 9.59 Å². The Labute approximate surface area is 153 Å². The zero-order valence-corrected chi connectivity index (χ0v) is 14.9. The molecule has 1 amide bonds. The topological polar surface area (TPSA) is 55.8 Å². The summed E-state index contributed by atoms with van der Waals surface area (Å²) in [5.74, 6) is 1.17. The fourth-order valence-electron chi connectivity index (χ4n) is 2.92. The Morgan fingerprint density at radius 2 is 1.69 bits per heavy atom. The molecule has 1 aliphatic rings. The first-order valence-corrected chi connectivity index (χ1v) is 8.92. The van der Waals surface area contributed by atoms with Crippen molar-refractivity contribution in [3.63, 3.8) is 0 Å². The maximum atomic E-state index is 12.5. The number of carbonyl (C=O) groups is 2. The molecule has 0 aromatic heterocycles. The molecule has 0 bridgehead atoms. The SMILES string of the molecule is CCN(Cc1ccccc1)C(=O)CCC(=O)c1ccc2c(c1)OCCO2. The third kappa shape index (κ3) is 4.42. The van der Waals surface area contributed by atoms with Gasteiger partial charge < -0.3 is 14.4 Å². The van der Waals surface area contributed by atoms with Gasteiger partial charge in [-0.05, 0) is 30.7 Å². The average molecular weight is 353 g/mol. The molecule has 2 aromatic carbocycles. The number of ether oxygens (including phenoxy) is 2. The molecule has 2 aromatic rings. The Morgan fingerprint density at radius 1 is 0.962 bits per heavy atom. The van der Waals surface area contributed by atoms with Gasteiger partial charge in [0.15, 0.2) is 17.3 Å². The Hall–Kier alpha value is -2.82. The van der Waals surface area contributed by atoms with E-state index in [9.17, 15) is 9.59 Å². The van der Waals surface area contributed by atoms with Crippen LogP contribution in [-0.2, 0) is 11.3 Å². The van der Waals surface area contributed by atoms with E-state index in [2.05, 4.69) is 0 Å². The minimum absolute atomic E-state index is 0.0118. The van der Waals surface area contributed by atoms with Gasteiger partial charge in [-0.15, -0.1) is 0 Å². The van der Waals surface area contributed by atoms with Crippen LogP contribution in [0.15, 0.2) is 48.5 Å². The lowest BCUT2D eigenvalue weighted by molar-refractivity contribution is -0.131. The van der Waals surface area contributed by atoms with Gasteiger partial charge in [0.05, 0.1) is 0 Å². The molecule has 136 valence electrons. The lowest BCUT2D eigenvalue weighted by Gasteiger charge is -2.21. The van der Waals surface area contributed by atoms with Gasteiger partial charge in [0, 0.05) is 31.5 Å². The first-order valence-electron chi connectivity index (χ1n) is 8.92. The van der Waals surface area contributed by atoms with Crippen LogP contribution in [0.1, 0.15) is 35.7 Å². The van der Waals surface area contributed by atoms with Gasteiger partial charge in [0.2, 0.25) is 5.91 Å². The minimum atomic E-state index is -0.0638. The van der Waals surface area contributed by atoms with Crippen LogP contribution in [0, 0.1) is 0 Å². The van der Waals surface area contributed by atoms with Crippen LogP contribution in [0.2, 0.25) is 0 Å². The Morgan fingerprint density at radius 3 is 2.42 bits per heavy atom. The molecule has 0 unspecified atom stereocenters. The summed E-state index contributed by atoms with van der Waals surface area (Å²) in [5.41, 5.74) is 1.63. The second kappa shape index (κ2) is 8.52. The largest absolute Gasteiger partial charge is 0.486 e. The van der Waals surface area contributed by atoms with Crippen LogP contribution in [0.3, 0.4) is 0 Å². The maximum Gasteiger partial charge on any atom is 0.223 e. The van der Waals surface area contributed by atoms with Crippen LogP contribution in [0.4, 0.5) is 0 Å². The summed E-state index contributed by atoms with van der Waals surface area (Å²) >= 11 is 0. The summed E-state index contributed by atoms with van der Waals surface area (Å²) in [5, 5.41) is 0. The molecule has 1 aliphatic heterocycles. The number of nitrogens with zero attached hydrogens (tertiary/aromatic N) is 1. The summed E-state index contributed by atoms with van der Waals surface area (Å²) in [6.07, 6.45) is 0.387. The smallest absolute Gasteiger partial charge is 0.223 e. The predicted octanol–water partition coefficient (Wildman–Crippen LogP) is 3.47. The molecular weight excluding hydrogens is 330 g/mol. The summed E-state index contributed by atoms with van der Waals surface area (Å²) in [4.78, 5) is 26.7. The summed E-state index contributed by atoms with van der Waals surface area (Å²) in [7, 11) is 0. The maximum absolute atomic E-state index is 12.5. The zero-order valence-electron chi connectivity index (χ0n) is 14.9. The highest BCUT2D eigenvalue weighted by Crippen LogP contribution is 2.31. The number of fused-ring (bicyclic) bond motifs is 1. The molecule has 0 saturated heterocycles. The second-order valence-corrected chi connectivity index (χ2v) is 6.18. The van der Waals surface area contributed by atoms with E-state index in [0.29, 0.717) is 43.4 Å². The molecule has 0 aliphatic carbocycles. The molecule has 26 heavy (non-hydrogen) atoms. The molecule has 0 saturated carbocycles. The highest BCUT2D eigenvalue weighted by molar-refractivity contribution is 5.98. The van der Waals surface area contributed by atoms with Crippen LogP contribution in [-0.4, -0.2) is 36.3 Å². The van der Waals surface area contributed by atoms with E-state index in [4.69, 9.17) is 9.47 Å². The second-order valence-electron chi connectivity index (χ2n) is 6.18. The van der Waals surface area contributed by atoms with Crippen LogP contribution >= 0.6 is 0 Å². The molecule has 0 radical (unpaired) electrons. The molecule has 0 fully saturated rings. The van der Waals surface area contributed by atoms with E-state index in [1.165, 1.54) is 0 Å². The van der Waals surface area contributed by atoms with E-state index in [-0.39, 0.29) is 24.5 Å². The molecule has 5 nitrogen and oxygen atoms in total. The van der Waals surface area contributed by atoms with Crippen molar-refractivity contribution < 1.29 is 19.1 Å². The van der Waals surface area contributed by atoms with E-state index >= 15 is 0 Å². The molecule has 1 heterocycles. The fourth-order valence-corrected chi connectivity index (χ4v) is 2.92. The number of Topliss-reactive ketones (excluding diaryl/α,β-unsaturated/α-hetero) is 1. The Kier molecular flexibility index (Phi) is 5.89. The fraction of sp³-hybridized carbons (Fsp3) is 0.333. The number of rotatable bonds is 7. The quantitative estimate of drug-likeness (QED) is 0.715. The lowest BCUT2D eigenvalue weighted by atomic mass is 10.1. The summed E-state index contributed by atoms with van der Waals surface area (Å²) < 4.78 is 11.0. The van der Waals surface area contributed by atoms with Crippen molar-refractivity contribution in [3.05, 3.63) is 59.7 Å². The Bertz CT molecular complexity index is 773. The normalized spacial score (nSPS) is 12.5. The number of amides is 1. The summed E-state index contributed by atoms with van der Waals surface area (Å²) in [6.45, 7) is 4.13. The van der Waals surface area contributed by atoms with Crippen molar-refractivity contribution in [2.75, 3.05) is 19.8 Å². The van der Waals surface area contributed by atoms with Crippen LogP contribution in [0.25, 0.3) is 0 Å². The van der Waals surface area contributed by atoms with Gasteiger partial charge in [-0.2, -0.15) is 0 Å². The Balaban J connectivity index is 1.57. The summed E-state index contributed by atoms with van der Waals surface area (Å²) in [6, 6.07) is 15.0. The number of hydrogen-bond donors (Lipinski definition) is 0. The first kappa shape index (κ1) is 18.0. The van der Waals surface area contributed by atoms with Crippen molar-refractivity contribution in [2.24, 2.45) is 0 Å². The number of ketones is 1.